The molecule has 0 saturated carbocycles. The van der Waals surface area contributed by atoms with E-state index < -0.39 is 0 Å². The Kier molecular flexibility index (Phi) is 4.79. The molecule has 0 spiro atoms. The van der Waals surface area contributed by atoms with Crippen LogP contribution >= 0.6 is 0 Å². The molecule has 0 amide bonds. The van der Waals surface area contributed by atoms with E-state index in [1.807, 2.05) is 0 Å². The summed E-state index contributed by atoms with van der Waals surface area (Å²) in [5, 5.41) is 3.59. The second kappa shape index (κ2) is 6.35. The first-order chi connectivity index (χ1) is 8.69. The second-order valence-corrected chi connectivity index (χ2v) is 5.55. The Morgan fingerprint density at radius 3 is 2.83 bits per heavy atom. The molecule has 1 unspecified atom stereocenters. The Morgan fingerprint density at radius 2 is 2.17 bits per heavy atom. The minimum atomic E-state index is 0.704. The molecule has 1 heterocycles. The zero-order chi connectivity index (χ0) is 13.0. The molecule has 1 atom stereocenters. The maximum atomic E-state index is 3.59. The van der Waals surface area contributed by atoms with Crippen molar-refractivity contribution in [3.63, 3.8) is 0 Å². The Hall–Kier alpha value is -0.860. The van der Waals surface area contributed by atoms with Crippen molar-refractivity contribution in [1.29, 1.82) is 0 Å². The fourth-order valence-corrected chi connectivity index (χ4v) is 2.74. The smallest absolute Gasteiger partial charge is 0.0237 e. The van der Waals surface area contributed by atoms with E-state index in [0.717, 1.165) is 13.1 Å². The Balaban J connectivity index is 1.98. The van der Waals surface area contributed by atoms with E-state index in [1.54, 1.807) is 0 Å². The van der Waals surface area contributed by atoms with E-state index in [4.69, 9.17) is 0 Å². The molecule has 0 aliphatic carbocycles. The van der Waals surface area contributed by atoms with Gasteiger partial charge >= 0.3 is 0 Å². The van der Waals surface area contributed by atoms with Gasteiger partial charge in [0, 0.05) is 19.1 Å². The van der Waals surface area contributed by atoms with Gasteiger partial charge in [0.15, 0.2) is 0 Å². The van der Waals surface area contributed by atoms with Gasteiger partial charge in [-0.2, -0.15) is 0 Å². The summed E-state index contributed by atoms with van der Waals surface area (Å²) >= 11 is 0. The molecule has 1 aromatic rings. The first kappa shape index (κ1) is 13.6. The number of benzene rings is 1. The lowest BCUT2D eigenvalue weighted by molar-refractivity contribution is 0.253. The molecule has 0 radical (unpaired) electrons. The second-order valence-electron chi connectivity index (χ2n) is 5.55. The van der Waals surface area contributed by atoms with Crippen LogP contribution in [-0.2, 0) is 6.54 Å². The normalized spacial score (nSPS) is 19.7. The summed E-state index contributed by atoms with van der Waals surface area (Å²) in [6.45, 7) is 11.3. The van der Waals surface area contributed by atoms with Crippen LogP contribution in [-0.4, -0.2) is 30.6 Å². The van der Waals surface area contributed by atoms with Gasteiger partial charge in [0.2, 0.25) is 0 Å². The minimum Gasteiger partial charge on any atom is -0.313 e. The van der Waals surface area contributed by atoms with E-state index in [-0.39, 0.29) is 0 Å². The van der Waals surface area contributed by atoms with Crippen LogP contribution in [0.5, 0.6) is 0 Å². The number of aryl methyl sites for hydroxylation is 2. The van der Waals surface area contributed by atoms with Gasteiger partial charge in [-0.3, -0.25) is 4.90 Å². The zero-order valence-corrected chi connectivity index (χ0v) is 12.0. The van der Waals surface area contributed by atoms with E-state index in [0.29, 0.717) is 6.04 Å². The Labute approximate surface area is 111 Å². The summed E-state index contributed by atoms with van der Waals surface area (Å²) in [5.74, 6) is 0. The molecule has 1 saturated heterocycles. The molecule has 1 fully saturated rings. The molecule has 2 rings (SSSR count). The van der Waals surface area contributed by atoms with Crippen molar-refractivity contribution < 1.29 is 0 Å². The predicted octanol–water partition coefficient (Wildman–Crippen LogP) is 2.88. The predicted molar refractivity (Wildman–Crippen MR) is 77.9 cm³/mol. The molecule has 1 aliphatic rings. The third kappa shape index (κ3) is 3.56. The van der Waals surface area contributed by atoms with Crippen molar-refractivity contribution in [3.05, 3.63) is 34.9 Å². The molecule has 18 heavy (non-hydrogen) atoms. The standard InChI is InChI=1S/C16H26N2/c1-4-18(12-16-6-5-9-17-16)11-15-10-13(2)7-8-14(15)3/h7-8,10,16-17H,4-6,9,11-12H2,1-3H3. The van der Waals surface area contributed by atoms with Crippen molar-refractivity contribution in [3.8, 4) is 0 Å². The van der Waals surface area contributed by atoms with Gasteiger partial charge in [-0.1, -0.05) is 30.7 Å². The molecule has 100 valence electrons. The number of likely N-dealkylation sites (N-methyl/N-ethyl adjacent to an activating group) is 1. The van der Waals surface area contributed by atoms with Crippen LogP contribution in [0.1, 0.15) is 36.5 Å². The van der Waals surface area contributed by atoms with Crippen LogP contribution in [0.3, 0.4) is 0 Å². The average molecular weight is 246 g/mol. The van der Waals surface area contributed by atoms with E-state index in [2.05, 4.69) is 49.2 Å². The maximum absolute atomic E-state index is 3.59. The van der Waals surface area contributed by atoms with Gasteiger partial charge in [0.1, 0.15) is 0 Å². The molecule has 0 bridgehead atoms. The van der Waals surface area contributed by atoms with E-state index in [9.17, 15) is 0 Å². The third-order valence-corrected chi connectivity index (χ3v) is 3.99. The summed E-state index contributed by atoms with van der Waals surface area (Å²) in [6.07, 6.45) is 2.68. The van der Waals surface area contributed by atoms with Gasteiger partial charge in [0.25, 0.3) is 0 Å². The number of hydrogen-bond acceptors (Lipinski definition) is 2. The minimum absolute atomic E-state index is 0.704. The molecule has 1 aromatic carbocycles. The highest BCUT2D eigenvalue weighted by atomic mass is 15.1. The quantitative estimate of drug-likeness (QED) is 0.859. The highest BCUT2D eigenvalue weighted by Gasteiger charge is 2.17. The summed E-state index contributed by atoms with van der Waals surface area (Å²) in [4.78, 5) is 2.56. The number of rotatable bonds is 5. The summed E-state index contributed by atoms with van der Waals surface area (Å²) in [6, 6.07) is 7.48. The van der Waals surface area contributed by atoms with Crippen LogP contribution in [0.15, 0.2) is 18.2 Å². The van der Waals surface area contributed by atoms with Crippen LogP contribution in [0.2, 0.25) is 0 Å². The lowest BCUT2D eigenvalue weighted by atomic mass is 10.0. The van der Waals surface area contributed by atoms with Crippen molar-refractivity contribution in [2.45, 2.75) is 46.2 Å². The third-order valence-electron chi connectivity index (χ3n) is 3.99. The number of hydrogen-bond donors (Lipinski definition) is 1. The van der Waals surface area contributed by atoms with Crippen molar-refractivity contribution in [2.24, 2.45) is 0 Å². The molecule has 2 heteroatoms. The first-order valence-corrected chi connectivity index (χ1v) is 7.21. The van der Waals surface area contributed by atoms with Crippen LogP contribution < -0.4 is 5.32 Å². The number of nitrogens with zero attached hydrogens (tertiary/aromatic N) is 1. The van der Waals surface area contributed by atoms with Crippen LogP contribution in [0, 0.1) is 13.8 Å². The SMILES string of the molecule is CCN(Cc1cc(C)ccc1C)CC1CCCN1. The molecule has 1 aliphatic heterocycles. The summed E-state index contributed by atoms with van der Waals surface area (Å²) in [7, 11) is 0. The van der Waals surface area contributed by atoms with Gasteiger partial charge < -0.3 is 5.32 Å². The largest absolute Gasteiger partial charge is 0.313 e. The van der Waals surface area contributed by atoms with Gasteiger partial charge in [-0.05, 0) is 50.9 Å². The van der Waals surface area contributed by atoms with E-state index >= 15 is 0 Å². The monoisotopic (exact) mass is 246 g/mol. The fraction of sp³-hybridized carbons (Fsp3) is 0.625. The van der Waals surface area contributed by atoms with Gasteiger partial charge in [-0.25, -0.2) is 0 Å². The average Bonchev–Trinajstić information content (AvgIpc) is 2.85. The Bertz CT molecular complexity index is 381. The topological polar surface area (TPSA) is 15.3 Å². The first-order valence-electron chi connectivity index (χ1n) is 7.21. The van der Waals surface area contributed by atoms with Crippen LogP contribution in [0.25, 0.3) is 0 Å². The summed E-state index contributed by atoms with van der Waals surface area (Å²) < 4.78 is 0. The highest BCUT2D eigenvalue weighted by Crippen LogP contribution is 2.15. The van der Waals surface area contributed by atoms with E-state index in [1.165, 1.54) is 42.6 Å². The van der Waals surface area contributed by atoms with Crippen molar-refractivity contribution in [2.75, 3.05) is 19.6 Å². The summed E-state index contributed by atoms with van der Waals surface area (Å²) in [5.41, 5.74) is 4.26. The lowest BCUT2D eigenvalue weighted by Crippen LogP contribution is -2.37. The molecule has 2 nitrogen and oxygen atoms in total. The molecule has 1 N–H and O–H groups in total. The number of nitrogens with one attached hydrogen (secondary N) is 1. The van der Waals surface area contributed by atoms with Crippen molar-refractivity contribution in [1.82, 2.24) is 10.2 Å². The fourth-order valence-electron chi connectivity index (χ4n) is 2.74. The zero-order valence-electron chi connectivity index (χ0n) is 12.0. The van der Waals surface area contributed by atoms with Crippen molar-refractivity contribution >= 4 is 0 Å². The van der Waals surface area contributed by atoms with Gasteiger partial charge in [-0.15, -0.1) is 0 Å². The molecular formula is C16H26N2. The lowest BCUT2D eigenvalue weighted by Gasteiger charge is -2.25. The molecular weight excluding hydrogens is 220 g/mol. The molecule has 0 aromatic heterocycles. The Morgan fingerprint density at radius 1 is 1.33 bits per heavy atom. The van der Waals surface area contributed by atoms with Gasteiger partial charge in [0.05, 0.1) is 0 Å². The highest BCUT2D eigenvalue weighted by molar-refractivity contribution is 5.30. The maximum Gasteiger partial charge on any atom is 0.0237 e. The van der Waals surface area contributed by atoms with Crippen LogP contribution in [0.4, 0.5) is 0 Å².